The second-order valence-electron chi connectivity index (χ2n) is 4.99. The summed E-state index contributed by atoms with van der Waals surface area (Å²) in [6.45, 7) is 0. The van der Waals surface area contributed by atoms with Crippen molar-refractivity contribution in [3.05, 3.63) is 58.9 Å². The molecule has 1 unspecified atom stereocenters. The van der Waals surface area contributed by atoms with E-state index in [4.69, 9.17) is 10.5 Å². The van der Waals surface area contributed by atoms with Crippen LogP contribution in [0.2, 0.25) is 0 Å². The number of nitrogens with one attached hydrogen (secondary N) is 1. The number of methoxy groups -OCH3 is 1. The van der Waals surface area contributed by atoms with E-state index in [1.54, 1.807) is 0 Å². The van der Waals surface area contributed by atoms with Gasteiger partial charge in [0.05, 0.1) is 18.4 Å². The number of halogens is 3. The highest BCUT2D eigenvalue weighted by molar-refractivity contribution is 5.94. The van der Waals surface area contributed by atoms with Crippen LogP contribution in [0, 0.1) is 17.5 Å². The van der Waals surface area contributed by atoms with Crippen LogP contribution >= 0.6 is 0 Å². The van der Waals surface area contributed by atoms with Crippen LogP contribution in [-0.4, -0.2) is 24.1 Å². The highest BCUT2D eigenvalue weighted by Gasteiger charge is 2.24. The molecule has 0 aliphatic carbocycles. The molecule has 2 aromatic rings. The number of nitrogens with two attached hydrogens (primary N) is 1. The molecule has 0 aliphatic heterocycles. The summed E-state index contributed by atoms with van der Waals surface area (Å²) in [5, 5.41) is 11.7. The summed E-state index contributed by atoms with van der Waals surface area (Å²) in [5.41, 5.74) is 3.98. The molecular weight excluding hydrogens is 341 g/mol. The normalized spacial score (nSPS) is 11.7. The molecule has 0 aliphatic rings. The van der Waals surface area contributed by atoms with Gasteiger partial charge in [-0.2, -0.15) is 0 Å². The van der Waals surface area contributed by atoms with Crippen LogP contribution in [0.25, 0.3) is 0 Å². The lowest BCUT2D eigenvalue weighted by Gasteiger charge is -2.18. The quantitative estimate of drug-likeness (QED) is 0.740. The summed E-state index contributed by atoms with van der Waals surface area (Å²) in [4.78, 5) is 22.7. The maximum absolute atomic E-state index is 13.9. The Bertz CT molecular complexity index is 842. The number of primary amides is 1. The van der Waals surface area contributed by atoms with Crippen LogP contribution in [-0.2, 0) is 4.79 Å². The van der Waals surface area contributed by atoms with E-state index in [0.717, 1.165) is 18.2 Å². The number of anilines is 1. The molecule has 2 rings (SSSR count). The maximum Gasteiger partial charge on any atom is 0.330 e. The molecule has 0 radical (unpaired) electrons. The second kappa shape index (κ2) is 7.12. The summed E-state index contributed by atoms with van der Waals surface area (Å²) in [6.07, 6.45) is 0. The highest BCUT2D eigenvalue weighted by Crippen LogP contribution is 2.28. The van der Waals surface area contributed by atoms with Crippen molar-refractivity contribution in [2.45, 2.75) is 6.04 Å². The molecule has 6 nitrogen and oxygen atoms in total. The molecule has 132 valence electrons. The smallest absolute Gasteiger partial charge is 0.330 e. The van der Waals surface area contributed by atoms with E-state index >= 15 is 0 Å². The van der Waals surface area contributed by atoms with Gasteiger partial charge in [0.2, 0.25) is 0 Å². The monoisotopic (exact) mass is 354 g/mol. The van der Waals surface area contributed by atoms with Gasteiger partial charge in [0, 0.05) is 6.07 Å². The average Bonchev–Trinajstić information content (AvgIpc) is 2.54. The summed E-state index contributed by atoms with van der Waals surface area (Å²) in [7, 11) is 1.20. The maximum atomic E-state index is 13.9. The third kappa shape index (κ3) is 3.82. The van der Waals surface area contributed by atoms with Crippen molar-refractivity contribution in [2.24, 2.45) is 5.73 Å². The number of hydrogen-bond donors (Lipinski definition) is 3. The summed E-state index contributed by atoms with van der Waals surface area (Å²) < 4.78 is 45.7. The first kappa shape index (κ1) is 18.1. The number of benzene rings is 2. The zero-order chi connectivity index (χ0) is 18.7. The standard InChI is InChI=1S/C16H13F3N2O4/c1-25-13-4-7(2-3-9(13)17)14(16(23)24)21-12-5-8(15(20)22)10(18)6-11(12)19/h2-6,14,21H,1H3,(H2,20,22)(H,23,24). The SMILES string of the molecule is COc1cc(C(Nc2cc(C(N)=O)c(F)cc2F)C(=O)O)ccc1F. The van der Waals surface area contributed by atoms with Crippen molar-refractivity contribution >= 4 is 17.6 Å². The van der Waals surface area contributed by atoms with Gasteiger partial charge in [-0.05, 0) is 23.8 Å². The minimum absolute atomic E-state index is 0.0510. The Labute approximate surface area is 140 Å². The predicted molar refractivity (Wildman–Crippen MR) is 81.8 cm³/mol. The van der Waals surface area contributed by atoms with Gasteiger partial charge in [0.1, 0.15) is 11.6 Å². The van der Waals surface area contributed by atoms with Gasteiger partial charge in [0.15, 0.2) is 17.6 Å². The van der Waals surface area contributed by atoms with Gasteiger partial charge in [0.25, 0.3) is 5.91 Å². The molecule has 0 saturated carbocycles. The van der Waals surface area contributed by atoms with E-state index < -0.39 is 46.6 Å². The van der Waals surface area contributed by atoms with Crippen LogP contribution < -0.4 is 15.8 Å². The van der Waals surface area contributed by atoms with Gasteiger partial charge >= 0.3 is 5.97 Å². The Morgan fingerprint density at radius 1 is 1.12 bits per heavy atom. The number of rotatable bonds is 6. The topological polar surface area (TPSA) is 102 Å². The molecule has 4 N–H and O–H groups in total. The Hall–Kier alpha value is -3.23. The highest BCUT2D eigenvalue weighted by atomic mass is 19.1. The number of aliphatic carboxylic acids is 1. The molecule has 0 fully saturated rings. The van der Waals surface area contributed by atoms with Crippen LogP contribution in [0.5, 0.6) is 5.75 Å². The lowest BCUT2D eigenvalue weighted by atomic mass is 10.1. The number of hydrogen-bond acceptors (Lipinski definition) is 4. The number of carbonyl (C=O) groups is 2. The minimum atomic E-state index is -1.52. The minimum Gasteiger partial charge on any atom is -0.494 e. The Kier molecular flexibility index (Phi) is 5.16. The first-order chi connectivity index (χ1) is 11.7. The number of carboxylic acid groups (broad SMARTS) is 1. The predicted octanol–water partition coefficient (Wildman–Crippen LogP) is 2.45. The first-order valence-electron chi connectivity index (χ1n) is 6.86. The third-order valence-electron chi connectivity index (χ3n) is 3.38. The summed E-state index contributed by atoms with van der Waals surface area (Å²) in [6, 6.07) is 2.94. The average molecular weight is 354 g/mol. The van der Waals surface area contributed by atoms with Crippen molar-refractivity contribution in [1.29, 1.82) is 0 Å². The van der Waals surface area contributed by atoms with Crippen molar-refractivity contribution in [3.8, 4) is 5.75 Å². The fraction of sp³-hybridized carbons (Fsp3) is 0.125. The summed E-state index contributed by atoms with van der Waals surface area (Å²) >= 11 is 0. The van der Waals surface area contributed by atoms with Gasteiger partial charge < -0.3 is 20.9 Å². The second-order valence-corrected chi connectivity index (χ2v) is 4.99. The Morgan fingerprint density at radius 2 is 1.80 bits per heavy atom. The van der Waals surface area contributed by atoms with E-state index in [1.807, 2.05) is 0 Å². The van der Waals surface area contributed by atoms with E-state index in [-0.39, 0.29) is 11.3 Å². The van der Waals surface area contributed by atoms with Gasteiger partial charge in [-0.1, -0.05) is 6.07 Å². The molecule has 0 heterocycles. The first-order valence-corrected chi connectivity index (χ1v) is 6.86. The Morgan fingerprint density at radius 3 is 2.36 bits per heavy atom. The third-order valence-corrected chi connectivity index (χ3v) is 3.38. The zero-order valence-corrected chi connectivity index (χ0v) is 12.8. The van der Waals surface area contributed by atoms with Crippen LogP contribution in [0.15, 0.2) is 30.3 Å². The molecule has 9 heteroatoms. The van der Waals surface area contributed by atoms with Crippen LogP contribution in [0.3, 0.4) is 0 Å². The molecule has 1 amide bonds. The number of carboxylic acids is 1. The zero-order valence-electron chi connectivity index (χ0n) is 12.8. The van der Waals surface area contributed by atoms with Crippen molar-refractivity contribution in [2.75, 3.05) is 12.4 Å². The number of amides is 1. The van der Waals surface area contributed by atoms with E-state index in [1.165, 1.54) is 13.2 Å². The Balaban J connectivity index is 2.46. The molecule has 0 bridgehead atoms. The molecule has 0 aromatic heterocycles. The molecule has 0 spiro atoms. The lowest BCUT2D eigenvalue weighted by molar-refractivity contribution is -0.138. The largest absolute Gasteiger partial charge is 0.494 e. The van der Waals surface area contributed by atoms with E-state index in [2.05, 4.69) is 5.32 Å². The fourth-order valence-electron chi connectivity index (χ4n) is 2.15. The fourth-order valence-corrected chi connectivity index (χ4v) is 2.15. The van der Waals surface area contributed by atoms with Crippen molar-refractivity contribution < 1.29 is 32.6 Å². The van der Waals surface area contributed by atoms with Crippen molar-refractivity contribution in [1.82, 2.24) is 0 Å². The van der Waals surface area contributed by atoms with Crippen LogP contribution in [0.1, 0.15) is 22.0 Å². The van der Waals surface area contributed by atoms with E-state index in [0.29, 0.717) is 6.07 Å². The van der Waals surface area contributed by atoms with Gasteiger partial charge in [-0.15, -0.1) is 0 Å². The lowest BCUT2D eigenvalue weighted by Crippen LogP contribution is -2.22. The number of ether oxygens (including phenoxy) is 1. The molecule has 2 aromatic carbocycles. The van der Waals surface area contributed by atoms with Crippen molar-refractivity contribution in [3.63, 3.8) is 0 Å². The summed E-state index contributed by atoms with van der Waals surface area (Å²) in [5.74, 6) is -5.77. The molecular formula is C16H13F3N2O4. The number of carbonyl (C=O) groups excluding carboxylic acids is 1. The van der Waals surface area contributed by atoms with Gasteiger partial charge in [-0.3, -0.25) is 4.79 Å². The van der Waals surface area contributed by atoms with Crippen LogP contribution in [0.4, 0.5) is 18.9 Å². The van der Waals surface area contributed by atoms with E-state index in [9.17, 15) is 27.9 Å². The van der Waals surface area contributed by atoms with Gasteiger partial charge in [-0.25, -0.2) is 18.0 Å². The molecule has 0 saturated heterocycles. The molecule has 25 heavy (non-hydrogen) atoms. The molecule has 1 atom stereocenters.